The lowest BCUT2D eigenvalue weighted by Gasteiger charge is -2.37. The molecule has 30 heavy (non-hydrogen) atoms. The molecular formula is C21H29ClO8. The second kappa shape index (κ2) is 8.59. The van der Waals surface area contributed by atoms with Gasteiger partial charge in [-0.3, -0.25) is 0 Å². The Morgan fingerprint density at radius 3 is 2.67 bits per heavy atom. The van der Waals surface area contributed by atoms with Gasteiger partial charge in [0.2, 0.25) is 0 Å². The zero-order chi connectivity index (χ0) is 22.4. The summed E-state index contributed by atoms with van der Waals surface area (Å²) in [5, 5.41) is 31.5. The number of esters is 2. The van der Waals surface area contributed by atoms with Crippen LogP contribution >= 0.6 is 11.6 Å². The Bertz CT molecular complexity index is 737. The van der Waals surface area contributed by atoms with Crippen LogP contribution in [0.15, 0.2) is 24.3 Å². The van der Waals surface area contributed by atoms with Crippen molar-refractivity contribution >= 4 is 23.5 Å². The first-order valence-corrected chi connectivity index (χ1v) is 10.6. The van der Waals surface area contributed by atoms with Gasteiger partial charge in [-0.15, -0.1) is 11.6 Å². The number of hydrogen-bond acceptors (Lipinski definition) is 8. The third-order valence-corrected chi connectivity index (χ3v) is 7.00. The highest BCUT2D eigenvalue weighted by Gasteiger charge is 2.64. The number of hydrogen-bond donors (Lipinski definition) is 3. The Morgan fingerprint density at radius 2 is 2.10 bits per heavy atom. The van der Waals surface area contributed by atoms with Crippen molar-refractivity contribution in [1.82, 2.24) is 0 Å². The zero-order valence-corrected chi connectivity index (χ0v) is 17.9. The smallest absolute Gasteiger partial charge is 0.338 e. The van der Waals surface area contributed by atoms with E-state index in [0.717, 1.165) is 0 Å². The fourth-order valence-electron chi connectivity index (χ4n) is 5.07. The fourth-order valence-corrected chi connectivity index (χ4v) is 5.42. The van der Waals surface area contributed by atoms with Gasteiger partial charge in [-0.05, 0) is 26.2 Å². The first kappa shape index (κ1) is 23.2. The van der Waals surface area contributed by atoms with Gasteiger partial charge >= 0.3 is 11.9 Å². The van der Waals surface area contributed by atoms with E-state index in [1.807, 2.05) is 0 Å². The number of rotatable bonds is 6. The average molecular weight is 445 g/mol. The van der Waals surface area contributed by atoms with Crippen LogP contribution in [0.1, 0.15) is 26.7 Å². The van der Waals surface area contributed by atoms with E-state index in [2.05, 4.69) is 13.2 Å². The predicted molar refractivity (Wildman–Crippen MR) is 107 cm³/mol. The number of halogens is 1. The average Bonchev–Trinajstić information content (AvgIpc) is 3.08. The van der Waals surface area contributed by atoms with Gasteiger partial charge in [0, 0.05) is 24.5 Å². The van der Waals surface area contributed by atoms with Gasteiger partial charge in [0.25, 0.3) is 0 Å². The molecule has 0 spiro atoms. The van der Waals surface area contributed by atoms with Crippen LogP contribution in [0.25, 0.3) is 0 Å². The lowest BCUT2D eigenvalue weighted by molar-refractivity contribution is -0.173. The van der Waals surface area contributed by atoms with E-state index < -0.39 is 59.9 Å². The van der Waals surface area contributed by atoms with Crippen LogP contribution < -0.4 is 0 Å². The number of alkyl halides is 1. The first-order chi connectivity index (χ1) is 14.1. The molecule has 9 atom stereocenters. The molecule has 9 unspecified atom stereocenters. The highest BCUT2D eigenvalue weighted by atomic mass is 35.5. The fraction of sp³-hybridized carbons (Fsp3) is 0.714. The highest BCUT2D eigenvalue weighted by Crippen LogP contribution is 2.55. The molecule has 0 aromatic rings. The third-order valence-electron chi connectivity index (χ3n) is 6.57. The van der Waals surface area contributed by atoms with Crippen LogP contribution in [0.4, 0.5) is 0 Å². The second-order valence-electron chi connectivity index (χ2n) is 8.38. The lowest BCUT2D eigenvalue weighted by atomic mass is 9.76. The number of ether oxygens (including phenoxy) is 3. The molecule has 8 nitrogen and oxygen atoms in total. The largest absolute Gasteiger partial charge is 0.459 e. The van der Waals surface area contributed by atoms with E-state index in [0.29, 0.717) is 5.57 Å². The lowest BCUT2D eigenvalue weighted by Crippen LogP contribution is -2.52. The van der Waals surface area contributed by atoms with Gasteiger partial charge in [-0.2, -0.15) is 0 Å². The SMILES string of the molecule is C=C1CC(OC(=O)C(OCC)C(C)O)C2C(=C)C(=O)OC2C2C1CC(O)C2(O)CCl. The summed E-state index contributed by atoms with van der Waals surface area (Å²) in [6.45, 7) is 11.2. The Balaban J connectivity index is 1.96. The maximum Gasteiger partial charge on any atom is 0.338 e. The second-order valence-corrected chi connectivity index (χ2v) is 8.65. The minimum Gasteiger partial charge on any atom is -0.459 e. The standard InChI is InChI=1S/C21H29ClO8/c1-5-28-17(11(4)23)20(26)29-13-6-9(2)12-7-14(24)21(27,8-22)16(12)18-15(13)10(3)19(25)30-18/h11-18,23-24,27H,2-3,5-8H2,1,4H3. The monoisotopic (exact) mass is 444 g/mol. The zero-order valence-electron chi connectivity index (χ0n) is 17.1. The molecule has 0 radical (unpaired) electrons. The van der Waals surface area contributed by atoms with Crippen LogP contribution in [0.5, 0.6) is 0 Å². The number of fused-ring (bicyclic) bond motifs is 3. The molecule has 1 saturated heterocycles. The van der Waals surface area contributed by atoms with Crippen molar-refractivity contribution in [2.45, 2.75) is 62.8 Å². The van der Waals surface area contributed by atoms with E-state index >= 15 is 0 Å². The van der Waals surface area contributed by atoms with Gasteiger partial charge in [-0.1, -0.05) is 18.7 Å². The molecular weight excluding hydrogens is 416 g/mol. The van der Waals surface area contributed by atoms with Crippen LogP contribution in [0, 0.1) is 17.8 Å². The molecule has 9 heteroatoms. The van der Waals surface area contributed by atoms with E-state index in [1.54, 1.807) is 6.92 Å². The quantitative estimate of drug-likeness (QED) is 0.237. The molecule has 3 aliphatic rings. The molecule has 2 aliphatic carbocycles. The highest BCUT2D eigenvalue weighted by molar-refractivity contribution is 6.18. The van der Waals surface area contributed by atoms with E-state index in [-0.39, 0.29) is 36.8 Å². The Morgan fingerprint density at radius 1 is 1.43 bits per heavy atom. The molecule has 0 aromatic carbocycles. The van der Waals surface area contributed by atoms with Crippen molar-refractivity contribution in [2.75, 3.05) is 12.5 Å². The van der Waals surface area contributed by atoms with Crippen molar-refractivity contribution < 1.29 is 39.1 Å². The molecule has 3 fully saturated rings. The summed E-state index contributed by atoms with van der Waals surface area (Å²) in [6.07, 6.45) is -4.72. The molecule has 1 aliphatic heterocycles. The molecule has 0 bridgehead atoms. The number of carbonyl (C=O) groups is 2. The number of aliphatic hydroxyl groups excluding tert-OH is 2. The molecule has 0 amide bonds. The minimum absolute atomic E-state index is 0.120. The molecule has 168 valence electrons. The van der Waals surface area contributed by atoms with Gasteiger partial charge in [0.1, 0.15) is 17.8 Å². The van der Waals surface area contributed by atoms with Gasteiger partial charge in [-0.25, -0.2) is 9.59 Å². The van der Waals surface area contributed by atoms with Crippen molar-refractivity contribution in [3.63, 3.8) is 0 Å². The topological polar surface area (TPSA) is 123 Å². The van der Waals surface area contributed by atoms with Crippen molar-refractivity contribution in [2.24, 2.45) is 17.8 Å². The number of aliphatic hydroxyl groups is 3. The van der Waals surface area contributed by atoms with Gasteiger partial charge < -0.3 is 29.5 Å². The van der Waals surface area contributed by atoms with Crippen molar-refractivity contribution in [3.8, 4) is 0 Å². The summed E-state index contributed by atoms with van der Waals surface area (Å²) in [5.74, 6) is -3.51. The van der Waals surface area contributed by atoms with E-state index in [4.69, 9.17) is 25.8 Å². The third kappa shape index (κ3) is 3.69. The van der Waals surface area contributed by atoms with Crippen LogP contribution in [-0.4, -0.2) is 75.9 Å². The minimum atomic E-state index is -1.69. The molecule has 3 rings (SSSR count). The maximum absolute atomic E-state index is 12.7. The summed E-state index contributed by atoms with van der Waals surface area (Å²) in [7, 11) is 0. The van der Waals surface area contributed by atoms with Crippen LogP contribution in [0.3, 0.4) is 0 Å². The van der Waals surface area contributed by atoms with E-state index in [1.165, 1.54) is 6.92 Å². The first-order valence-electron chi connectivity index (χ1n) is 10.1. The summed E-state index contributed by atoms with van der Waals surface area (Å²) in [4.78, 5) is 25.1. The summed E-state index contributed by atoms with van der Waals surface area (Å²) in [5.41, 5.74) is -0.911. The Labute approximate surface area is 180 Å². The molecule has 1 heterocycles. The Hall–Kier alpha value is -1.45. The van der Waals surface area contributed by atoms with Crippen LogP contribution in [-0.2, 0) is 23.8 Å². The maximum atomic E-state index is 12.7. The summed E-state index contributed by atoms with van der Waals surface area (Å²) < 4.78 is 16.5. The van der Waals surface area contributed by atoms with Crippen molar-refractivity contribution in [3.05, 3.63) is 24.3 Å². The number of carbonyl (C=O) groups excluding carboxylic acids is 2. The van der Waals surface area contributed by atoms with E-state index in [9.17, 15) is 24.9 Å². The predicted octanol–water partition coefficient (Wildman–Crippen LogP) is 0.709. The summed E-state index contributed by atoms with van der Waals surface area (Å²) in [6, 6.07) is 0. The molecule has 3 N–H and O–H groups in total. The normalized spacial score (nSPS) is 40.3. The van der Waals surface area contributed by atoms with Gasteiger partial charge in [0.15, 0.2) is 6.10 Å². The van der Waals surface area contributed by atoms with Crippen molar-refractivity contribution in [1.29, 1.82) is 0 Å². The van der Waals surface area contributed by atoms with Crippen LogP contribution in [0.2, 0.25) is 0 Å². The Kier molecular flexibility index (Phi) is 6.65. The summed E-state index contributed by atoms with van der Waals surface area (Å²) >= 11 is 6.03. The van der Waals surface area contributed by atoms with Gasteiger partial charge in [0.05, 0.1) is 24.0 Å². The molecule has 0 aromatic heterocycles. The molecule has 2 saturated carbocycles.